The lowest BCUT2D eigenvalue weighted by molar-refractivity contribution is -0.122. The van der Waals surface area contributed by atoms with Crippen LogP contribution in [0.15, 0.2) is 29.8 Å². The van der Waals surface area contributed by atoms with Gasteiger partial charge in [-0.05, 0) is 49.7 Å². The highest BCUT2D eigenvalue weighted by atomic mass is 16.5. The Labute approximate surface area is 158 Å². The van der Waals surface area contributed by atoms with Gasteiger partial charge < -0.3 is 9.84 Å². The number of benzene rings is 1. The van der Waals surface area contributed by atoms with Crippen LogP contribution < -0.4 is 0 Å². The number of piperidine rings is 1. The minimum atomic E-state index is -0.827. The van der Waals surface area contributed by atoms with E-state index < -0.39 is 5.60 Å². The zero-order valence-corrected chi connectivity index (χ0v) is 16.1. The van der Waals surface area contributed by atoms with Crippen LogP contribution in [0.1, 0.15) is 68.9 Å². The summed E-state index contributed by atoms with van der Waals surface area (Å²) in [6.07, 6.45) is 12.9. The van der Waals surface area contributed by atoms with Gasteiger partial charge in [0.05, 0.1) is 6.10 Å². The summed E-state index contributed by atoms with van der Waals surface area (Å²) in [5.41, 5.74) is 3.01. The SMILES string of the molecule is COC1CCCCC1(O)c1ccc(C=C2CCN(C3CCC3)CC2)cc1. The van der Waals surface area contributed by atoms with Crippen molar-refractivity contribution in [2.45, 2.75) is 75.5 Å². The van der Waals surface area contributed by atoms with Crippen molar-refractivity contribution in [2.75, 3.05) is 20.2 Å². The molecule has 0 radical (unpaired) electrons. The second-order valence-corrected chi connectivity index (χ2v) is 8.44. The number of hydrogen-bond donors (Lipinski definition) is 1. The van der Waals surface area contributed by atoms with Gasteiger partial charge in [0.2, 0.25) is 0 Å². The van der Waals surface area contributed by atoms with Crippen LogP contribution >= 0.6 is 0 Å². The molecular weight excluding hydrogens is 322 g/mol. The van der Waals surface area contributed by atoms with Gasteiger partial charge in [0.25, 0.3) is 0 Å². The average molecular weight is 356 g/mol. The Morgan fingerprint density at radius 2 is 1.77 bits per heavy atom. The number of nitrogens with zero attached hydrogens (tertiary/aromatic N) is 1. The molecule has 3 aliphatic rings. The highest BCUT2D eigenvalue weighted by molar-refractivity contribution is 5.54. The largest absolute Gasteiger partial charge is 0.382 e. The van der Waals surface area contributed by atoms with Gasteiger partial charge in [-0.25, -0.2) is 0 Å². The molecule has 3 fully saturated rings. The summed E-state index contributed by atoms with van der Waals surface area (Å²) < 4.78 is 5.59. The molecule has 0 bridgehead atoms. The van der Waals surface area contributed by atoms with Crippen LogP contribution in [0.2, 0.25) is 0 Å². The van der Waals surface area contributed by atoms with E-state index in [-0.39, 0.29) is 6.10 Å². The van der Waals surface area contributed by atoms with E-state index in [0.29, 0.717) is 0 Å². The molecule has 2 unspecified atom stereocenters. The first-order valence-corrected chi connectivity index (χ1v) is 10.5. The molecule has 2 atom stereocenters. The zero-order valence-electron chi connectivity index (χ0n) is 16.1. The second-order valence-electron chi connectivity index (χ2n) is 8.44. The number of likely N-dealkylation sites (tertiary alicyclic amines) is 1. The Bertz CT molecular complexity index is 624. The monoisotopic (exact) mass is 355 g/mol. The molecule has 26 heavy (non-hydrogen) atoms. The van der Waals surface area contributed by atoms with Crippen molar-refractivity contribution in [3.63, 3.8) is 0 Å². The lowest BCUT2D eigenvalue weighted by atomic mass is 9.77. The van der Waals surface area contributed by atoms with Gasteiger partial charge in [-0.2, -0.15) is 0 Å². The van der Waals surface area contributed by atoms with E-state index in [1.165, 1.54) is 50.8 Å². The summed E-state index contributed by atoms with van der Waals surface area (Å²) in [6, 6.07) is 9.42. The van der Waals surface area contributed by atoms with Gasteiger partial charge in [0, 0.05) is 26.2 Å². The Morgan fingerprint density at radius 3 is 2.38 bits per heavy atom. The van der Waals surface area contributed by atoms with E-state index in [1.807, 2.05) is 0 Å². The second kappa shape index (κ2) is 7.84. The van der Waals surface area contributed by atoms with Gasteiger partial charge in [-0.15, -0.1) is 0 Å². The van der Waals surface area contributed by atoms with Gasteiger partial charge in [-0.3, -0.25) is 4.90 Å². The molecule has 142 valence electrons. The molecule has 1 aromatic carbocycles. The Balaban J connectivity index is 1.41. The first-order valence-electron chi connectivity index (χ1n) is 10.5. The van der Waals surface area contributed by atoms with Gasteiger partial charge in [0.1, 0.15) is 5.60 Å². The highest BCUT2D eigenvalue weighted by Gasteiger charge is 2.40. The fourth-order valence-electron chi connectivity index (χ4n) is 4.94. The normalized spacial score (nSPS) is 30.8. The van der Waals surface area contributed by atoms with Crippen LogP contribution in [-0.4, -0.2) is 42.4 Å². The average Bonchev–Trinajstić information content (AvgIpc) is 2.63. The summed E-state index contributed by atoms with van der Waals surface area (Å²) in [5.74, 6) is 0. The minimum Gasteiger partial charge on any atom is -0.382 e. The van der Waals surface area contributed by atoms with Crippen LogP contribution in [0, 0.1) is 0 Å². The van der Waals surface area contributed by atoms with Crippen molar-refractivity contribution in [1.29, 1.82) is 0 Å². The van der Waals surface area contributed by atoms with Crippen molar-refractivity contribution in [1.82, 2.24) is 4.90 Å². The predicted octanol–water partition coefficient (Wildman–Crippen LogP) is 4.49. The van der Waals surface area contributed by atoms with Gasteiger partial charge in [0.15, 0.2) is 0 Å². The third-order valence-electron chi connectivity index (χ3n) is 6.90. The first-order chi connectivity index (χ1) is 12.7. The third-order valence-corrected chi connectivity index (χ3v) is 6.90. The van der Waals surface area contributed by atoms with E-state index >= 15 is 0 Å². The molecule has 1 saturated heterocycles. The molecule has 0 aromatic heterocycles. The van der Waals surface area contributed by atoms with Crippen molar-refractivity contribution in [3.05, 3.63) is 41.0 Å². The maximum atomic E-state index is 11.2. The topological polar surface area (TPSA) is 32.7 Å². The summed E-state index contributed by atoms with van der Waals surface area (Å²) in [6.45, 7) is 2.45. The third kappa shape index (κ3) is 3.62. The molecule has 1 N–H and O–H groups in total. The van der Waals surface area contributed by atoms with Crippen molar-refractivity contribution < 1.29 is 9.84 Å². The molecule has 1 aromatic rings. The number of rotatable bonds is 4. The van der Waals surface area contributed by atoms with Crippen LogP contribution in [-0.2, 0) is 10.3 Å². The number of ether oxygens (including phenoxy) is 1. The molecule has 3 nitrogen and oxygen atoms in total. The summed E-state index contributed by atoms with van der Waals surface area (Å²) in [4.78, 5) is 2.69. The Hall–Kier alpha value is -1.16. The van der Waals surface area contributed by atoms with Crippen molar-refractivity contribution >= 4 is 6.08 Å². The van der Waals surface area contributed by atoms with Crippen molar-refractivity contribution in [3.8, 4) is 0 Å². The fraction of sp³-hybridized carbons (Fsp3) is 0.652. The number of methoxy groups -OCH3 is 1. The minimum absolute atomic E-state index is 0.0868. The van der Waals surface area contributed by atoms with Crippen LogP contribution in [0.25, 0.3) is 6.08 Å². The molecule has 1 heterocycles. The van der Waals surface area contributed by atoms with E-state index in [9.17, 15) is 5.11 Å². The first kappa shape index (κ1) is 18.2. The molecule has 1 aliphatic heterocycles. The molecule has 0 spiro atoms. The summed E-state index contributed by atoms with van der Waals surface area (Å²) in [7, 11) is 1.72. The fourth-order valence-corrected chi connectivity index (χ4v) is 4.94. The lowest BCUT2D eigenvalue weighted by Gasteiger charge is -2.40. The van der Waals surface area contributed by atoms with Crippen LogP contribution in [0.4, 0.5) is 0 Å². The molecule has 4 rings (SSSR count). The quantitative estimate of drug-likeness (QED) is 0.863. The molecule has 2 aliphatic carbocycles. The number of aliphatic hydroxyl groups is 1. The Kier molecular flexibility index (Phi) is 5.49. The lowest BCUT2D eigenvalue weighted by Crippen LogP contribution is -2.43. The molecule has 0 amide bonds. The van der Waals surface area contributed by atoms with Crippen LogP contribution in [0.5, 0.6) is 0 Å². The Morgan fingerprint density at radius 1 is 1.04 bits per heavy atom. The maximum Gasteiger partial charge on any atom is 0.116 e. The van der Waals surface area contributed by atoms with E-state index in [0.717, 1.165) is 37.3 Å². The summed E-state index contributed by atoms with van der Waals surface area (Å²) >= 11 is 0. The zero-order chi connectivity index (χ0) is 18.0. The van der Waals surface area contributed by atoms with Crippen molar-refractivity contribution in [2.24, 2.45) is 0 Å². The maximum absolute atomic E-state index is 11.2. The predicted molar refractivity (Wildman–Crippen MR) is 106 cm³/mol. The van der Waals surface area contributed by atoms with Gasteiger partial charge in [-0.1, -0.05) is 55.2 Å². The summed E-state index contributed by atoms with van der Waals surface area (Å²) in [5, 5.41) is 11.2. The highest BCUT2D eigenvalue weighted by Crippen LogP contribution is 2.39. The van der Waals surface area contributed by atoms with Gasteiger partial charge >= 0.3 is 0 Å². The van der Waals surface area contributed by atoms with E-state index in [4.69, 9.17) is 4.74 Å². The molecular formula is C23H33NO2. The standard InChI is InChI=1S/C23H33NO2/c1-26-22-7-2-3-14-23(22,25)20-10-8-18(9-11-20)17-19-12-15-24(16-13-19)21-5-4-6-21/h8-11,17,21-22,25H,2-7,12-16H2,1H3. The smallest absolute Gasteiger partial charge is 0.116 e. The molecule has 3 heteroatoms. The van der Waals surface area contributed by atoms with E-state index in [1.54, 1.807) is 12.7 Å². The van der Waals surface area contributed by atoms with Crippen LogP contribution in [0.3, 0.4) is 0 Å². The van der Waals surface area contributed by atoms with E-state index in [2.05, 4.69) is 35.2 Å². The molecule has 2 saturated carbocycles. The number of hydrogen-bond acceptors (Lipinski definition) is 3.